The van der Waals surface area contributed by atoms with E-state index in [1.807, 2.05) is 12.1 Å². The van der Waals surface area contributed by atoms with Gasteiger partial charge in [-0.2, -0.15) is 0 Å². The topological polar surface area (TPSA) is 41.3 Å². The number of nitrogens with zero attached hydrogens (tertiary/aromatic N) is 2. The van der Waals surface area contributed by atoms with Gasteiger partial charge < -0.3 is 14.7 Å². The van der Waals surface area contributed by atoms with E-state index in [1.165, 1.54) is 82.3 Å². The summed E-state index contributed by atoms with van der Waals surface area (Å²) in [7, 11) is 0. The lowest BCUT2D eigenvalue weighted by atomic mass is 9.91. The summed E-state index contributed by atoms with van der Waals surface area (Å²) in [5, 5.41) is 9.11. The maximum absolute atomic E-state index is 5.49. The van der Waals surface area contributed by atoms with Crippen LogP contribution in [0.25, 0.3) is 11.0 Å². The van der Waals surface area contributed by atoms with Crippen molar-refractivity contribution < 1.29 is 4.52 Å². The molecule has 5 heteroatoms. The van der Waals surface area contributed by atoms with Gasteiger partial charge in [-0.15, -0.1) is 12.4 Å². The van der Waals surface area contributed by atoms with Crippen LogP contribution >= 0.6 is 12.4 Å². The molecular formula is C20H30ClN3O. The third-order valence-corrected chi connectivity index (χ3v) is 5.87. The van der Waals surface area contributed by atoms with E-state index in [0.29, 0.717) is 5.92 Å². The minimum absolute atomic E-state index is 0. The molecule has 4 rings (SSSR count). The quantitative estimate of drug-likeness (QED) is 0.864. The number of halogens is 1. The first-order valence-corrected chi connectivity index (χ1v) is 9.67. The molecule has 1 aromatic carbocycles. The zero-order chi connectivity index (χ0) is 16.2. The fourth-order valence-corrected chi connectivity index (χ4v) is 4.40. The van der Waals surface area contributed by atoms with Crippen molar-refractivity contribution in [1.82, 2.24) is 15.4 Å². The van der Waals surface area contributed by atoms with Crippen molar-refractivity contribution >= 4 is 23.4 Å². The highest BCUT2D eigenvalue weighted by atomic mass is 35.5. The molecule has 2 aliphatic rings. The lowest BCUT2D eigenvalue weighted by Gasteiger charge is -2.31. The van der Waals surface area contributed by atoms with Crippen LogP contribution in [0.1, 0.15) is 50.1 Å². The number of fused-ring (bicyclic) bond motifs is 1. The number of rotatable bonds is 5. The molecule has 25 heavy (non-hydrogen) atoms. The van der Waals surface area contributed by atoms with Crippen LogP contribution < -0.4 is 5.32 Å². The second-order valence-corrected chi connectivity index (χ2v) is 7.53. The molecule has 0 spiro atoms. The van der Waals surface area contributed by atoms with Crippen molar-refractivity contribution in [2.24, 2.45) is 5.92 Å². The number of hydrogen-bond donors (Lipinski definition) is 1. The zero-order valence-corrected chi connectivity index (χ0v) is 15.8. The SMILES string of the molecule is Cl.c1ccc2c(C3CCN(CCCC4CCCNC4)CC3)noc2c1. The molecule has 1 unspecified atom stereocenters. The van der Waals surface area contributed by atoms with E-state index in [2.05, 4.69) is 27.5 Å². The molecule has 0 bridgehead atoms. The molecule has 2 fully saturated rings. The molecule has 2 aromatic rings. The van der Waals surface area contributed by atoms with Crippen molar-refractivity contribution in [1.29, 1.82) is 0 Å². The fourth-order valence-electron chi connectivity index (χ4n) is 4.40. The maximum Gasteiger partial charge on any atom is 0.167 e. The average Bonchev–Trinajstić information content (AvgIpc) is 3.07. The molecule has 1 atom stereocenters. The molecule has 2 saturated heterocycles. The van der Waals surface area contributed by atoms with Crippen molar-refractivity contribution in [3.63, 3.8) is 0 Å². The van der Waals surface area contributed by atoms with E-state index >= 15 is 0 Å². The summed E-state index contributed by atoms with van der Waals surface area (Å²) in [6.45, 7) is 6.13. The van der Waals surface area contributed by atoms with E-state index in [-0.39, 0.29) is 12.4 Å². The van der Waals surface area contributed by atoms with Gasteiger partial charge in [0.25, 0.3) is 0 Å². The van der Waals surface area contributed by atoms with Crippen LogP contribution in [0.5, 0.6) is 0 Å². The van der Waals surface area contributed by atoms with E-state index in [4.69, 9.17) is 4.52 Å². The molecule has 1 aromatic heterocycles. The zero-order valence-electron chi connectivity index (χ0n) is 15.0. The predicted octanol–water partition coefficient (Wildman–Crippen LogP) is 4.21. The number of likely N-dealkylation sites (tertiary alicyclic amines) is 1. The summed E-state index contributed by atoms with van der Waals surface area (Å²) in [6, 6.07) is 8.26. The Balaban J connectivity index is 0.00000182. The first-order valence-electron chi connectivity index (χ1n) is 9.67. The van der Waals surface area contributed by atoms with Crippen LogP contribution in [-0.2, 0) is 0 Å². The summed E-state index contributed by atoms with van der Waals surface area (Å²) in [6.07, 6.45) is 7.95. The Morgan fingerprint density at radius 2 is 2.00 bits per heavy atom. The highest BCUT2D eigenvalue weighted by Crippen LogP contribution is 2.32. The van der Waals surface area contributed by atoms with E-state index in [1.54, 1.807) is 0 Å². The minimum atomic E-state index is 0. The molecule has 1 N–H and O–H groups in total. The number of para-hydroxylation sites is 1. The molecule has 2 aliphatic heterocycles. The van der Waals surface area contributed by atoms with Gasteiger partial charge in [-0.3, -0.25) is 0 Å². The van der Waals surface area contributed by atoms with Gasteiger partial charge in [-0.05, 0) is 89.3 Å². The number of nitrogens with one attached hydrogen (secondary N) is 1. The second-order valence-electron chi connectivity index (χ2n) is 7.53. The first kappa shape index (κ1) is 18.7. The third-order valence-electron chi connectivity index (χ3n) is 5.87. The molecule has 3 heterocycles. The molecule has 0 amide bonds. The van der Waals surface area contributed by atoms with E-state index in [0.717, 1.165) is 11.5 Å². The standard InChI is InChI=1S/C20H29N3O.ClH/c1-2-8-19-18(7-1)20(22-24-19)17-9-13-23(14-10-17)12-4-6-16-5-3-11-21-15-16;/h1-2,7-8,16-17,21H,3-6,9-15H2;1H. The van der Waals surface area contributed by atoms with Gasteiger partial charge in [0.2, 0.25) is 0 Å². The van der Waals surface area contributed by atoms with Gasteiger partial charge in [0.05, 0.1) is 5.69 Å². The molecule has 138 valence electrons. The van der Waals surface area contributed by atoms with E-state index < -0.39 is 0 Å². The predicted molar refractivity (Wildman–Crippen MR) is 104 cm³/mol. The van der Waals surface area contributed by atoms with Crippen LogP contribution in [0.3, 0.4) is 0 Å². The number of aromatic nitrogens is 1. The van der Waals surface area contributed by atoms with Crippen LogP contribution in [0, 0.1) is 5.92 Å². The largest absolute Gasteiger partial charge is 0.356 e. The average molecular weight is 364 g/mol. The highest BCUT2D eigenvalue weighted by molar-refractivity contribution is 5.85. The number of hydrogen-bond acceptors (Lipinski definition) is 4. The molecule has 0 radical (unpaired) electrons. The van der Waals surface area contributed by atoms with Gasteiger partial charge in [0.1, 0.15) is 0 Å². The van der Waals surface area contributed by atoms with Gasteiger partial charge in [-0.1, -0.05) is 17.3 Å². The van der Waals surface area contributed by atoms with Crippen molar-refractivity contribution in [3.8, 4) is 0 Å². The van der Waals surface area contributed by atoms with Crippen LogP contribution in [0.15, 0.2) is 28.8 Å². The number of piperidine rings is 2. The fraction of sp³-hybridized carbons (Fsp3) is 0.650. The van der Waals surface area contributed by atoms with Gasteiger partial charge in [0.15, 0.2) is 5.58 Å². The van der Waals surface area contributed by atoms with Crippen LogP contribution in [0.4, 0.5) is 0 Å². The summed E-state index contributed by atoms with van der Waals surface area (Å²) < 4.78 is 5.49. The maximum atomic E-state index is 5.49. The van der Waals surface area contributed by atoms with Gasteiger partial charge in [0, 0.05) is 11.3 Å². The Morgan fingerprint density at radius 1 is 1.16 bits per heavy atom. The van der Waals surface area contributed by atoms with Crippen LogP contribution in [-0.4, -0.2) is 42.8 Å². The van der Waals surface area contributed by atoms with Crippen LogP contribution in [0.2, 0.25) is 0 Å². The van der Waals surface area contributed by atoms with Crippen molar-refractivity contribution in [3.05, 3.63) is 30.0 Å². The van der Waals surface area contributed by atoms with E-state index in [9.17, 15) is 0 Å². The Hall–Kier alpha value is -1.10. The summed E-state index contributed by atoms with van der Waals surface area (Å²) >= 11 is 0. The highest BCUT2D eigenvalue weighted by Gasteiger charge is 2.24. The Morgan fingerprint density at radius 3 is 2.80 bits per heavy atom. The summed E-state index contributed by atoms with van der Waals surface area (Å²) in [5.74, 6) is 1.48. The van der Waals surface area contributed by atoms with Crippen molar-refractivity contribution in [2.75, 3.05) is 32.7 Å². The van der Waals surface area contributed by atoms with Crippen molar-refractivity contribution in [2.45, 2.75) is 44.4 Å². The smallest absolute Gasteiger partial charge is 0.167 e. The van der Waals surface area contributed by atoms with Gasteiger partial charge >= 0.3 is 0 Å². The third kappa shape index (κ3) is 4.55. The Bertz CT molecular complexity index is 645. The summed E-state index contributed by atoms with van der Waals surface area (Å²) in [4.78, 5) is 2.65. The molecule has 0 saturated carbocycles. The molecule has 0 aliphatic carbocycles. The first-order chi connectivity index (χ1) is 11.9. The lowest BCUT2D eigenvalue weighted by molar-refractivity contribution is 0.199. The van der Waals surface area contributed by atoms with Gasteiger partial charge in [-0.25, -0.2) is 0 Å². The summed E-state index contributed by atoms with van der Waals surface area (Å²) in [5.41, 5.74) is 2.11. The molecular weight excluding hydrogens is 334 g/mol. The second kappa shape index (κ2) is 9.02. The monoisotopic (exact) mass is 363 g/mol. The lowest BCUT2D eigenvalue weighted by Crippen LogP contribution is -2.35. The Labute approximate surface area is 156 Å². The molecule has 4 nitrogen and oxygen atoms in total. The number of benzene rings is 1. The normalized spacial score (nSPS) is 22.8. The Kier molecular flexibility index (Phi) is 6.74. The minimum Gasteiger partial charge on any atom is -0.356 e.